The molecule has 0 atom stereocenters. The van der Waals surface area contributed by atoms with E-state index in [9.17, 15) is 0 Å². The van der Waals surface area contributed by atoms with Crippen molar-refractivity contribution in [3.8, 4) is 0 Å². The average molecular weight is 191 g/mol. The van der Waals surface area contributed by atoms with Crippen LogP contribution in [-0.4, -0.2) is 31.7 Å². The van der Waals surface area contributed by atoms with Crippen molar-refractivity contribution in [3.63, 3.8) is 0 Å². The highest BCUT2D eigenvalue weighted by Gasteiger charge is 2.18. The first kappa shape index (κ1) is 9.46. The predicted molar refractivity (Wildman–Crippen MR) is 58.7 cm³/mol. The molecule has 1 aliphatic heterocycles. The lowest BCUT2D eigenvalue weighted by atomic mass is 10.3. The molecule has 0 saturated carbocycles. The summed E-state index contributed by atoms with van der Waals surface area (Å²) < 4.78 is 0. The van der Waals surface area contributed by atoms with E-state index in [1.807, 2.05) is 19.3 Å². The summed E-state index contributed by atoms with van der Waals surface area (Å²) in [6.45, 7) is 3.36. The minimum Gasteiger partial charge on any atom is -0.370 e. The van der Waals surface area contributed by atoms with Gasteiger partial charge in [0.2, 0.25) is 0 Å². The van der Waals surface area contributed by atoms with Crippen LogP contribution in [0.2, 0.25) is 0 Å². The van der Waals surface area contributed by atoms with E-state index in [0.29, 0.717) is 0 Å². The highest BCUT2D eigenvalue weighted by Crippen LogP contribution is 2.25. The molecule has 0 fully saturated rings. The number of nitrogens with zero attached hydrogens (tertiary/aromatic N) is 2. The van der Waals surface area contributed by atoms with Gasteiger partial charge in [0.25, 0.3) is 0 Å². The Labute approximate surface area is 85.1 Å². The Bertz CT molecular complexity index is 298. The van der Waals surface area contributed by atoms with Gasteiger partial charge in [0, 0.05) is 25.7 Å². The van der Waals surface area contributed by atoms with Crippen molar-refractivity contribution in [2.45, 2.75) is 12.8 Å². The van der Waals surface area contributed by atoms with Gasteiger partial charge in [-0.25, -0.2) is 0 Å². The summed E-state index contributed by atoms with van der Waals surface area (Å²) in [4.78, 5) is 6.81. The van der Waals surface area contributed by atoms with Gasteiger partial charge in [-0.1, -0.05) is 0 Å². The van der Waals surface area contributed by atoms with Crippen molar-refractivity contribution < 1.29 is 0 Å². The van der Waals surface area contributed by atoms with Crippen molar-refractivity contribution in [2.24, 2.45) is 0 Å². The molecule has 0 aliphatic carbocycles. The largest absolute Gasteiger partial charge is 0.370 e. The van der Waals surface area contributed by atoms with Gasteiger partial charge in [0.1, 0.15) is 0 Å². The van der Waals surface area contributed by atoms with Gasteiger partial charge in [-0.3, -0.25) is 4.98 Å². The number of pyridine rings is 1. The molecule has 1 N–H and O–H groups in total. The van der Waals surface area contributed by atoms with Crippen LogP contribution in [0.3, 0.4) is 0 Å². The van der Waals surface area contributed by atoms with Crippen molar-refractivity contribution in [3.05, 3.63) is 24.0 Å². The zero-order chi connectivity index (χ0) is 9.80. The minimum atomic E-state index is 1.09. The smallest absolute Gasteiger partial charge is 0.0654 e. The molecule has 0 aromatic carbocycles. The predicted octanol–water partition coefficient (Wildman–Crippen LogP) is 1.05. The maximum Gasteiger partial charge on any atom is 0.0654 e. The summed E-state index contributed by atoms with van der Waals surface area (Å²) >= 11 is 0. The lowest BCUT2D eigenvalue weighted by Crippen LogP contribution is -2.24. The molecule has 0 spiro atoms. The number of hydrogen-bond acceptors (Lipinski definition) is 3. The summed E-state index contributed by atoms with van der Waals surface area (Å²) in [6, 6.07) is 4.20. The molecule has 2 heterocycles. The van der Waals surface area contributed by atoms with Crippen LogP contribution in [0, 0.1) is 0 Å². The average Bonchev–Trinajstić information content (AvgIpc) is 2.63. The van der Waals surface area contributed by atoms with E-state index in [-0.39, 0.29) is 0 Å². The van der Waals surface area contributed by atoms with Gasteiger partial charge < -0.3 is 10.2 Å². The quantitative estimate of drug-likeness (QED) is 0.721. The molecule has 14 heavy (non-hydrogen) atoms. The van der Waals surface area contributed by atoms with E-state index in [0.717, 1.165) is 26.1 Å². The highest BCUT2D eigenvalue weighted by atomic mass is 15.2. The number of rotatable bonds is 4. The molecular formula is C11H17N3. The van der Waals surface area contributed by atoms with Crippen LogP contribution >= 0.6 is 0 Å². The molecule has 0 unspecified atom stereocenters. The third kappa shape index (κ3) is 1.87. The van der Waals surface area contributed by atoms with Crippen LogP contribution in [0.25, 0.3) is 0 Å². The van der Waals surface area contributed by atoms with Crippen LogP contribution < -0.4 is 10.2 Å². The van der Waals surface area contributed by atoms with Crippen molar-refractivity contribution in [1.82, 2.24) is 10.3 Å². The number of hydrogen-bond donors (Lipinski definition) is 1. The van der Waals surface area contributed by atoms with Gasteiger partial charge in [-0.05, 0) is 32.1 Å². The Balaban J connectivity index is 1.96. The molecule has 3 nitrogen and oxygen atoms in total. The van der Waals surface area contributed by atoms with E-state index < -0.39 is 0 Å². The molecule has 76 valence electrons. The van der Waals surface area contributed by atoms with Crippen molar-refractivity contribution in [2.75, 3.05) is 31.6 Å². The molecule has 1 aromatic heterocycles. The van der Waals surface area contributed by atoms with Crippen LogP contribution in [-0.2, 0) is 6.42 Å². The van der Waals surface area contributed by atoms with E-state index in [1.54, 1.807) is 0 Å². The monoisotopic (exact) mass is 191 g/mol. The molecule has 0 radical (unpaired) electrons. The van der Waals surface area contributed by atoms with E-state index >= 15 is 0 Å². The number of anilines is 1. The molecular weight excluding hydrogens is 174 g/mol. The lowest BCUT2D eigenvalue weighted by molar-refractivity contribution is 0.696. The zero-order valence-electron chi connectivity index (χ0n) is 8.66. The Morgan fingerprint density at radius 3 is 3.36 bits per heavy atom. The summed E-state index contributed by atoms with van der Waals surface area (Å²) in [5.41, 5.74) is 2.60. The molecule has 0 amide bonds. The fourth-order valence-electron chi connectivity index (χ4n) is 1.95. The summed E-state index contributed by atoms with van der Waals surface area (Å²) in [6.07, 6.45) is 4.19. The van der Waals surface area contributed by atoms with Gasteiger partial charge in [-0.2, -0.15) is 0 Å². The fraction of sp³-hybridized carbons (Fsp3) is 0.545. The van der Waals surface area contributed by atoms with Crippen LogP contribution in [0.15, 0.2) is 18.3 Å². The molecule has 0 bridgehead atoms. The molecule has 0 saturated heterocycles. The van der Waals surface area contributed by atoms with Crippen LogP contribution in [0.4, 0.5) is 5.69 Å². The van der Waals surface area contributed by atoms with E-state index in [2.05, 4.69) is 21.3 Å². The summed E-state index contributed by atoms with van der Waals surface area (Å²) in [7, 11) is 2.00. The topological polar surface area (TPSA) is 28.2 Å². The minimum absolute atomic E-state index is 1.09. The molecule has 1 aliphatic rings. The Kier molecular flexibility index (Phi) is 2.99. The van der Waals surface area contributed by atoms with Crippen LogP contribution in [0.1, 0.15) is 12.1 Å². The van der Waals surface area contributed by atoms with Gasteiger partial charge >= 0.3 is 0 Å². The SMILES string of the molecule is CNCCCN1CCc2ncccc21. The van der Waals surface area contributed by atoms with Crippen molar-refractivity contribution >= 4 is 5.69 Å². The maximum atomic E-state index is 4.38. The number of nitrogens with one attached hydrogen (secondary N) is 1. The number of fused-ring (bicyclic) bond motifs is 1. The second kappa shape index (κ2) is 4.42. The van der Waals surface area contributed by atoms with Crippen LogP contribution in [0.5, 0.6) is 0 Å². The number of aromatic nitrogens is 1. The normalized spacial score (nSPS) is 14.5. The lowest BCUT2D eigenvalue weighted by Gasteiger charge is -2.18. The third-order valence-corrected chi connectivity index (χ3v) is 2.68. The van der Waals surface area contributed by atoms with Gasteiger partial charge in [0.15, 0.2) is 0 Å². The maximum absolute atomic E-state index is 4.38. The molecule has 3 heteroatoms. The third-order valence-electron chi connectivity index (χ3n) is 2.68. The second-order valence-corrected chi connectivity index (χ2v) is 3.66. The standard InChI is InChI=1S/C11H17N3/c1-12-6-3-8-14-9-5-10-11(14)4-2-7-13-10/h2,4,7,12H,3,5-6,8-9H2,1H3. The van der Waals surface area contributed by atoms with Crippen molar-refractivity contribution in [1.29, 1.82) is 0 Å². The summed E-state index contributed by atoms with van der Waals surface area (Å²) in [5, 5.41) is 3.17. The Morgan fingerprint density at radius 2 is 2.50 bits per heavy atom. The molecule has 2 rings (SSSR count). The van der Waals surface area contributed by atoms with Gasteiger partial charge in [-0.15, -0.1) is 0 Å². The van der Waals surface area contributed by atoms with Gasteiger partial charge in [0.05, 0.1) is 11.4 Å². The zero-order valence-corrected chi connectivity index (χ0v) is 8.66. The summed E-state index contributed by atoms with van der Waals surface area (Å²) in [5.74, 6) is 0. The van der Waals surface area contributed by atoms with E-state index in [4.69, 9.17) is 0 Å². The first-order chi connectivity index (χ1) is 6.92. The second-order valence-electron chi connectivity index (χ2n) is 3.66. The first-order valence-corrected chi connectivity index (χ1v) is 5.25. The first-order valence-electron chi connectivity index (χ1n) is 5.25. The van der Waals surface area contributed by atoms with E-state index in [1.165, 1.54) is 17.8 Å². The highest BCUT2D eigenvalue weighted by molar-refractivity contribution is 5.54. The molecule has 1 aromatic rings. The Morgan fingerprint density at radius 1 is 1.57 bits per heavy atom. The Hall–Kier alpha value is -1.09. The fourth-order valence-corrected chi connectivity index (χ4v) is 1.95.